The first kappa shape index (κ1) is 16.4. The second kappa shape index (κ2) is 6.59. The summed E-state index contributed by atoms with van der Waals surface area (Å²) in [6.45, 7) is 10.0. The van der Waals surface area contributed by atoms with Crippen LogP contribution in [0, 0.1) is 13.8 Å². The lowest BCUT2D eigenvalue weighted by Crippen LogP contribution is -2.63. The monoisotopic (exact) mass is 317 g/mol. The zero-order valence-corrected chi connectivity index (χ0v) is 14.2. The predicted octanol–water partition coefficient (Wildman–Crippen LogP) is 1.07. The molecule has 2 heterocycles. The number of nitrogens with zero attached hydrogens (tertiary/aromatic N) is 2. The van der Waals surface area contributed by atoms with Crippen LogP contribution >= 0.6 is 0 Å². The Balaban J connectivity index is 1.62. The number of ether oxygens (including phenoxy) is 1. The standard InChI is InChI=1S/C18H27N3O2/c1-14-3-4-15(2)16(11-14)12-20-6-8-21(9-7-20)18(17(19)22)5-10-23-13-18/h3-4,11H,5-10,12-13H2,1-2H3,(H2,19,22). The molecule has 2 fully saturated rings. The van der Waals surface area contributed by atoms with Gasteiger partial charge < -0.3 is 10.5 Å². The Labute approximate surface area is 138 Å². The van der Waals surface area contributed by atoms with Crippen LogP contribution in [0.25, 0.3) is 0 Å². The number of aryl methyl sites for hydroxylation is 2. The van der Waals surface area contributed by atoms with Gasteiger partial charge in [0.1, 0.15) is 5.54 Å². The molecule has 0 saturated carbocycles. The Kier molecular flexibility index (Phi) is 4.71. The van der Waals surface area contributed by atoms with Gasteiger partial charge >= 0.3 is 0 Å². The van der Waals surface area contributed by atoms with Gasteiger partial charge in [0, 0.05) is 45.8 Å². The summed E-state index contributed by atoms with van der Waals surface area (Å²) in [5, 5.41) is 0. The molecule has 2 N–H and O–H groups in total. The van der Waals surface area contributed by atoms with Crippen molar-refractivity contribution in [1.29, 1.82) is 0 Å². The van der Waals surface area contributed by atoms with E-state index in [2.05, 4.69) is 41.8 Å². The highest BCUT2D eigenvalue weighted by Crippen LogP contribution is 2.27. The predicted molar refractivity (Wildman–Crippen MR) is 90.1 cm³/mol. The van der Waals surface area contributed by atoms with E-state index in [1.165, 1.54) is 16.7 Å². The van der Waals surface area contributed by atoms with Crippen molar-refractivity contribution in [3.8, 4) is 0 Å². The van der Waals surface area contributed by atoms with E-state index >= 15 is 0 Å². The third kappa shape index (κ3) is 3.27. The van der Waals surface area contributed by atoms with Gasteiger partial charge in [-0.05, 0) is 25.0 Å². The minimum absolute atomic E-state index is 0.238. The van der Waals surface area contributed by atoms with Crippen molar-refractivity contribution >= 4 is 5.91 Å². The molecule has 1 aromatic carbocycles. The number of nitrogens with two attached hydrogens (primary N) is 1. The van der Waals surface area contributed by atoms with Gasteiger partial charge in [-0.3, -0.25) is 14.6 Å². The van der Waals surface area contributed by atoms with E-state index in [0.29, 0.717) is 13.2 Å². The van der Waals surface area contributed by atoms with E-state index in [4.69, 9.17) is 10.5 Å². The summed E-state index contributed by atoms with van der Waals surface area (Å²) < 4.78 is 5.47. The molecule has 0 bridgehead atoms. The topological polar surface area (TPSA) is 58.8 Å². The molecule has 1 atom stereocenters. The van der Waals surface area contributed by atoms with Crippen LogP contribution in [0.15, 0.2) is 18.2 Å². The van der Waals surface area contributed by atoms with E-state index in [-0.39, 0.29) is 5.91 Å². The van der Waals surface area contributed by atoms with Crippen molar-refractivity contribution in [2.45, 2.75) is 32.4 Å². The summed E-state index contributed by atoms with van der Waals surface area (Å²) >= 11 is 0. The van der Waals surface area contributed by atoms with E-state index in [1.54, 1.807) is 0 Å². The normalized spacial score (nSPS) is 26.5. The number of amides is 1. The molecule has 2 aliphatic heterocycles. The summed E-state index contributed by atoms with van der Waals surface area (Å²) in [7, 11) is 0. The highest BCUT2D eigenvalue weighted by molar-refractivity contribution is 5.85. The maximum atomic E-state index is 12.0. The van der Waals surface area contributed by atoms with Crippen LogP contribution in [0.5, 0.6) is 0 Å². The number of carbonyl (C=O) groups is 1. The highest BCUT2D eigenvalue weighted by Gasteiger charge is 2.46. The Morgan fingerprint density at radius 1 is 1.26 bits per heavy atom. The molecular weight excluding hydrogens is 290 g/mol. The lowest BCUT2D eigenvalue weighted by molar-refractivity contribution is -0.132. The van der Waals surface area contributed by atoms with Gasteiger partial charge in [-0.25, -0.2) is 0 Å². The Morgan fingerprint density at radius 2 is 2.00 bits per heavy atom. The maximum absolute atomic E-state index is 12.0. The fourth-order valence-electron chi connectivity index (χ4n) is 3.70. The molecule has 1 unspecified atom stereocenters. The van der Waals surface area contributed by atoms with Gasteiger partial charge in [0.15, 0.2) is 0 Å². The average Bonchev–Trinajstić information content (AvgIpc) is 3.03. The number of rotatable bonds is 4. The van der Waals surface area contributed by atoms with E-state index in [0.717, 1.165) is 39.1 Å². The van der Waals surface area contributed by atoms with Crippen LogP contribution in [-0.4, -0.2) is 60.6 Å². The average molecular weight is 317 g/mol. The van der Waals surface area contributed by atoms with E-state index in [9.17, 15) is 4.79 Å². The van der Waals surface area contributed by atoms with Crippen molar-refractivity contribution in [3.63, 3.8) is 0 Å². The van der Waals surface area contributed by atoms with Crippen LogP contribution in [-0.2, 0) is 16.1 Å². The fraction of sp³-hybridized carbons (Fsp3) is 0.611. The van der Waals surface area contributed by atoms with Crippen molar-refractivity contribution < 1.29 is 9.53 Å². The molecule has 1 aromatic rings. The smallest absolute Gasteiger partial charge is 0.240 e. The lowest BCUT2D eigenvalue weighted by atomic mass is 9.94. The fourth-order valence-corrected chi connectivity index (χ4v) is 3.70. The molecular formula is C18H27N3O2. The molecule has 0 aromatic heterocycles. The number of piperazine rings is 1. The zero-order valence-electron chi connectivity index (χ0n) is 14.2. The van der Waals surface area contributed by atoms with Crippen LogP contribution in [0.3, 0.4) is 0 Å². The minimum Gasteiger partial charge on any atom is -0.379 e. The van der Waals surface area contributed by atoms with E-state index in [1.807, 2.05) is 0 Å². The number of benzene rings is 1. The SMILES string of the molecule is Cc1ccc(C)c(CN2CCN(C3(C(N)=O)CCOC3)CC2)c1. The Hall–Kier alpha value is -1.43. The van der Waals surface area contributed by atoms with Crippen LogP contribution in [0.4, 0.5) is 0 Å². The van der Waals surface area contributed by atoms with Gasteiger partial charge in [0.05, 0.1) is 6.61 Å². The quantitative estimate of drug-likeness (QED) is 0.902. The van der Waals surface area contributed by atoms with Gasteiger partial charge in [-0.2, -0.15) is 0 Å². The Morgan fingerprint density at radius 3 is 2.61 bits per heavy atom. The molecule has 23 heavy (non-hydrogen) atoms. The Bertz CT molecular complexity index is 574. The molecule has 2 aliphatic rings. The number of hydrogen-bond acceptors (Lipinski definition) is 4. The number of hydrogen-bond donors (Lipinski definition) is 1. The molecule has 3 rings (SSSR count). The first-order valence-electron chi connectivity index (χ1n) is 8.42. The minimum atomic E-state index is -0.578. The van der Waals surface area contributed by atoms with Gasteiger partial charge in [-0.1, -0.05) is 23.8 Å². The summed E-state index contributed by atoms with van der Waals surface area (Å²) in [6.07, 6.45) is 0.722. The maximum Gasteiger partial charge on any atom is 0.240 e. The zero-order chi connectivity index (χ0) is 16.4. The van der Waals surface area contributed by atoms with Gasteiger partial charge in [0.2, 0.25) is 5.91 Å². The summed E-state index contributed by atoms with van der Waals surface area (Å²) in [6, 6.07) is 6.63. The lowest BCUT2D eigenvalue weighted by Gasteiger charge is -2.43. The second-order valence-electron chi connectivity index (χ2n) is 6.89. The molecule has 0 radical (unpaired) electrons. The molecule has 126 valence electrons. The first-order chi connectivity index (χ1) is 11.0. The summed E-state index contributed by atoms with van der Waals surface area (Å²) in [5.74, 6) is -0.238. The molecule has 5 nitrogen and oxygen atoms in total. The molecule has 1 amide bonds. The molecule has 5 heteroatoms. The number of carbonyl (C=O) groups excluding carboxylic acids is 1. The summed E-state index contributed by atoms with van der Waals surface area (Å²) in [4.78, 5) is 16.7. The summed E-state index contributed by atoms with van der Waals surface area (Å²) in [5.41, 5.74) is 9.15. The third-order valence-corrected chi connectivity index (χ3v) is 5.34. The first-order valence-corrected chi connectivity index (χ1v) is 8.42. The van der Waals surface area contributed by atoms with Crippen molar-refractivity contribution in [2.24, 2.45) is 5.73 Å². The van der Waals surface area contributed by atoms with Crippen LogP contribution in [0.2, 0.25) is 0 Å². The van der Waals surface area contributed by atoms with Crippen LogP contribution < -0.4 is 5.73 Å². The largest absolute Gasteiger partial charge is 0.379 e. The highest BCUT2D eigenvalue weighted by atomic mass is 16.5. The van der Waals surface area contributed by atoms with Crippen molar-refractivity contribution in [1.82, 2.24) is 9.80 Å². The van der Waals surface area contributed by atoms with Gasteiger partial charge in [-0.15, -0.1) is 0 Å². The van der Waals surface area contributed by atoms with Crippen molar-refractivity contribution in [2.75, 3.05) is 39.4 Å². The third-order valence-electron chi connectivity index (χ3n) is 5.34. The number of primary amides is 1. The molecule has 2 saturated heterocycles. The van der Waals surface area contributed by atoms with Gasteiger partial charge in [0.25, 0.3) is 0 Å². The van der Waals surface area contributed by atoms with Crippen LogP contribution in [0.1, 0.15) is 23.1 Å². The molecule has 0 aliphatic carbocycles. The van der Waals surface area contributed by atoms with E-state index < -0.39 is 5.54 Å². The molecule has 0 spiro atoms. The second-order valence-corrected chi connectivity index (χ2v) is 6.89. The van der Waals surface area contributed by atoms with Crippen molar-refractivity contribution in [3.05, 3.63) is 34.9 Å².